The number of carboxylic acid groups (broad SMARTS) is 1. The molecule has 0 spiro atoms. The summed E-state index contributed by atoms with van der Waals surface area (Å²) in [5, 5.41) is 8.65. The van der Waals surface area contributed by atoms with Crippen molar-refractivity contribution < 1.29 is 19.4 Å². The fourth-order valence-electron chi connectivity index (χ4n) is 2.20. The van der Waals surface area contributed by atoms with E-state index in [2.05, 4.69) is 4.90 Å². The Balaban J connectivity index is 2.26. The average Bonchev–Trinajstić information content (AvgIpc) is 2.45. The number of hydrogen-bond donors (Lipinski definition) is 1. The highest BCUT2D eigenvalue weighted by Gasteiger charge is 2.23. The van der Waals surface area contributed by atoms with Gasteiger partial charge in [-0.25, -0.2) is 4.79 Å². The van der Waals surface area contributed by atoms with Crippen molar-refractivity contribution >= 4 is 12.0 Å². The van der Waals surface area contributed by atoms with E-state index < -0.39 is 5.97 Å². The van der Waals surface area contributed by atoms with E-state index in [9.17, 15) is 9.59 Å². The Kier molecular flexibility index (Phi) is 7.32. The molecular weight excluding hydrogens is 262 g/mol. The quantitative estimate of drug-likeness (QED) is 0.676. The predicted octanol–water partition coefficient (Wildman–Crippen LogP) is 0.167. The minimum Gasteiger partial charge on any atom is -0.481 e. The van der Waals surface area contributed by atoms with Crippen LogP contribution in [0.5, 0.6) is 0 Å². The van der Waals surface area contributed by atoms with Gasteiger partial charge in [-0.1, -0.05) is 0 Å². The number of carbonyl (C=O) groups is 2. The number of hydrogen-bond acceptors (Lipinski definition) is 4. The van der Waals surface area contributed by atoms with Gasteiger partial charge in [-0.05, 0) is 6.42 Å². The number of methoxy groups -OCH3 is 1. The van der Waals surface area contributed by atoms with Gasteiger partial charge in [0.05, 0.1) is 6.42 Å². The van der Waals surface area contributed by atoms with E-state index in [1.165, 1.54) is 0 Å². The van der Waals surface area contributed by atoms with Crippen LogP contribution in [0, 0.1) is 0 Å². The fraction of sp³-hybridized carbons (Fsp3) is 0.846. The maximum absolute atomic E-state index is 12.2. The second-order valence-electron chi connectivity index (χ2n) is 5.02. The third-order valence-corrected chi connectivity index (χ3v) is 3.45. The highest BCUT2D eigenvalue weighted by atomic mass is 16.5. The Morgan fingerprint density at radius 2 is 1.90 bits per heavy atom. The van der Waals surface area contributed by atoms with Crippen molar-refractivity contribution in [2.45, 2.75) is 12.8 Å². The molecule has 1 fully saturated rings. The molecule has 0 aliphatic carbocycles. The van der Waals surface area contributed by atoms with Gasteiger partial charge in [0.25, 0.3) is 0 Å². The summed E-state index contributed by atoms with van der Waals surface area (Å²) in [7, 11) is 3.45. The number of rotatable bonds is 7. The van der Waals surface area contributed by atoms with Crippen LogP contribution in [0.2, 0.25) is 0 Å². The van der Waals surface area contributed by atoms with Gasteiger partial charge in [-0.2, -0.15) is 0 Å². The molecule has 1 saturated heterocycles. The summed E-state index contributed by atoms with van der Waals surface area (Å²) < 4.78 is 4.97. The van der Waals surface area contributed by atoms with Crippen molar-refractivity contribution in [1.82, 2.24) is 14.7 Å². The lowest BCUT2D eigenvalue weighted by atomic mass is 10.3. The first-order valence-electron chi connectivity index (χ1n) is 6.97. The monoisotopic (exact) mass is 287 g/mol. The first-order chi connectivity index (χ1) is 9.54. The van der Waals surface area contributed by atoms with Crippen LogP contribution in [0.1, 0.15) is 12.8 Å². The molecule has 0 unspecified atom stereocenters. The Hall–Kier alpha value is -1.34. The fourth-order valence-corrected chi connectivity index (χ4v) is 2.20. The van der Waals surface area contributed by atoms with E-state index in [1.807, 2.05) is 4.90 Å². The molecule has 116 valence electrons. The number of piperazine rings is 1. The van der Waals surface area contributed by atoms with Crippen molar-refractivity contribution in [2.75, 3.05) is 60.0 Å². The van der Waals surface area contributed by atoms with Crippen LogP contribution in [-0.4, -0.2) is 91.8 Å². The molecule has 7 nitrogen and oxygen atoms in total. The molecule has 2 amide bonds. The molecular formula is C13H25N3O4. The van der Waals surface area contributed by atoms with Crippen molar-refractivity contribution in [3.63, 3.8) is 0 Å². The zero-order valence-corrected chi connectivity index (χ0v) is 12.4. The second kappa shape index (κ2) is 8.76. The number of aliphatic carboxylic acids is 1. The molecule has 7 heteroatoms. The van der Waals surface area contributed by atoms with Gasteiger partial charge in [-0.3, -0.25) is 9.69 Å². The largest absolute Gasteiger partial charge is 0.481 e. The van der Waals surface area contributed by atoms with Crippen LogP contribution >= 0.6 is 0 Å². The van der Waals surface area contributed by atoms with Gasteiger partial charge in [0.2, 0.25) is 0 Å². The van der Waals surface area contributed by atoms with Gasteiger partial charge in [0.15, 0.2) is 0 Å². The third kappa shape index (κ3) is 5.75. The molecule has 0 bridgehead atoms. The summed E-state index contributed by atoms with van der Waals surface area (Å²) in [6, 6.07) is 0.0407. The maximum Gasteiger partial charge on any atom is 0.319 e. The van der Waals surface area contributed by atoms with Gasteiger partial charge in [0, 0.05) is 60.0 Å². The van der Waals surface area contributed by atoms with E-state index in [-0.39, 0.29) is 12.5 Å². The van der Waals surface area contributed by atoms with E-state index >= 15 is 0 Å². The summed E-state index contributed by atoms with van der Waals surface area (Å²) in [6.45, 7) is 4.70. The molecule has 0 aromatic rings. The van der Waals surface area contributed by atoms with Crippen molar-refractivity contribution in [3.8, 4) is 0 Å². The number of ether oxygens (including phenoxy) is 1. The minimum absolute atomic E-state index is 0.0407. The van der Waals surface area contributed by atoms with E-state index in [0.717, 1.165) is 19.5 Å². The smallest absolute Gasteiger partial charge is 0.319 e. The summed E-state index contributed by atoms with van der Waals surface area (Å²) >= 11 is 0. The zero-order chi connectivity index (χ0) is 15.0. The molecule has 0 aromatic carbocycles. The SMILES string of the molecule is COCCCN(C)C(=O)N1CCN(CCC(=O)O)CC1. The van der Waals surface area contributed by atoms with Crippen LogP contribution in [0.15, 0.2) is 0 Å². The third-order valence-electron chi connectivity index (χ3n) is 3.45. The van der Waals surface area contributed by atoms with Gasteiger partial charge < -0.3 is 19.6 Å². The maximum atomic E-state index is 12.2. The number of urea groups is 1. The van der Waals surface area contributed by atoms with E-state index in [4.69, 9.17) is 9.84 Å². The molecule has 0 aromatic heterocycles. The van der Waals surface area contributed by atoms with Crippen LogP contribution in [0.25, 0.3) is 0 Å². The molecule has 0 saturated carbocycles. The molecule has 0 atom stereocenters. The Morgan fingerprint density at radius 1 is 1.25 bits per heavy atom. The number of nitrogens with zero attached hydrogens (tertiary/aromatic N) is 3. The summed E-state index contributed by atoms with van der Waals surface area (Å²) in [5.41, 5.74) is 0. The summed E-state index contributed by atoms with van der Waals surface area (Å²) in [6.07, 6.45) is 0.988. The lowest BCUT2D eigenvalue weighted by molar-refractivity contribution is -0.137. The van der Waals surface area contributed by atoms with Crippen LogP contribution in [-0.2, 0) is 9.53 Å². The zero-order valence-electron chi connectivity index (χ0n) is 12.4. The molecule has 1 rings (SSSR count). The minimum atomic E-state index is -0.776. The van der Waals surface area contributed by atoms with Gasteiger partial charge in [0.1, 0.15) is 0 Å². The first-order valence-corrected chi connectivity index (χ1v) is 6.97. The van der Waals surface area contributed by atoms with Crippen molar-refractivity contribution in [2.24, 2.45) is 0 Å². The number of carbonyl (C=O) groups excluding carboxylic acids is 1. The Morgan fingerprint density at radius 3 is 2.45 bits per heavy atom. The predicted molar refractivity (Wildman–Crippen MR) is 74.8 cm³/mol. The summed E-state index contributed by atoms with van der Waals surface area (Å²) in [4.78, 5) is 28.3. The molecule has 0 radical (unpaired) electrons. The highest BCUT2D eigenvalue weighted by Crippen LogP contribution is 2.06. The standard InChI is InChI=1S/C13H25N3O4/c1-14(5-3-11-20-2)13(19)16-9-7-15(8-10-16)6-4-12(17)18/h3-11H2,1-2H3,(H,17,18). The lowest BCUT2D eigenvalue weighted by Crippen LogP contribution is -2.52. The molecule has 20 heavy (non-hydrogen) atoms. The lowest BCUT2D eigenvalue weighted by Gasteiger charge is -2.36. The number of carboxylic acids is 1. The van der Waals surface area contributed by atoms with E-state index in [0.29, 0.717) is 32.8 Å². The number of amides is 2. The summed E-state index contributed by atoms with van der Waals surface area (Å²) in [5.74, 6) is -0.776. The van der Waals surface area contributed by atoms with E-state index in [1.54, 1.807) is 19.1 Å². The molecule has 1 aliphatic rings. The van der Waals surface area contributed by atoms with Crippen LogP contribution < -0.4 is 0 Å². The van der Waals surface area contributed by atoms with Gasteiger partial charge in [-0.15, -0.1) is 0 Å². The van der Waals surface area contributed by atoms with Crippen LogP contribution in [0.4, 0.5) is 4.79 Å². The topological polar surface area (TPSA) is 73.3 Å². The average molecular weight is 287 g/mol. The Labute approximate surface area is 120 Å². The second-order valence-corrected chi connectivity index (χ2v) is 5.02. The van der Waals surface area contributed by atoms with Crippen molar-refractivity contribution in [3.05, 3.63) is 0 Å². The molecule has 1 N–H and O–H groups in total. The Bertz CT molecular complexity index is 317. The highest BCUT2D eigenvalue weighted by molar-refractivity contribution is 5.74. The van der Waals surface area contributed by atoms with Crippen molar-refractivity contribution in [1.29, 1.82) is 0 Å². The van der Waals surface area contributed by atoms with Gasteiger partial charge >= 0.3 is 12.0 Å². The molecule has 1 heterocycles. The molecule has 1 aliphatic heterocycles. The first kappa shape index (κ1) is 16.7. The normalized spacial score (nSPS) is 16.2. The van der Waals surface area contributed by atoms with Crippen LogP contribution in [0.3, 0.4) is 0 Å².